The second-order valence-corrected chi connectivity index (χ2v) is 8.07. The molecule has 1 aromatic heterocycles. The van der Waals surface area contributed by atoms with E-state index in [0.717, 1.165) is 24.8 Å². The molecule has 1 aliphatic heterocycles. The van der Waals surface area contributed by atoms with Crippen LogP contribution in [0.5, 0.6) is 0 Å². The zero-order valence-electron chi connectivity index (χ0n) is 16.6. The Labute approximate surface area is 169 Å². The first-order valence-electron chi connectivity index (χ1n) is 8.87. The number of hydrogen-bond donors (Lipinski definition) is 2. The standard InChI is InChI=1S/C18H33N5O.HI/c1-12(2)23-10-13(3)14(11-23)22-17(19-7)21-9-16-20-8-15(24-16)18(4,5)6;/h8,12-14H,9-11H2,1-7H3,(H2,19,21,22);1H. The highest BCUT2D eigenvalue weighted by molar-refractivity contribution is 14.0. The summed E-state index contributed by atoms with van der Waals surface area (Å²) in [5, 5.41) is 6.84. The summed E-state index contributed by atoms with van der Waals surface area (Å²) in [6, 6.07) is 0.991. The molecule has 0 aromatic carbocycles. The van der Waals surface area contributed by atoms with Gasteiger partial charge in [-0.05, 0) is 19.8 Å². The fourth-order valence-electron chi connectivity index (χ4n) is 2.88. The van der Waals surface area contributed by atoms with E-state index < -0.39 is 0 Å². The minimum atomic E-state index is -0.0231. The van der Waals surface area contributed by atoms with E-state index in [2.05, 4.69) is 67.1 Å². The Hall–Kier alpha value is -0.830. The highest BCUT2D eigenvalue weighted by Gasteiger charge is 2.31. The molecule has 0 bridgehead atoms. The van der Waals surface area contributed by atoms with Gasteiger partial charge in [-0.2, -0.15) is 0 Å². The third kappa shape index (κ3) is 6.13. The van der Waals surface area contributed by atoms with Gasteiger partial charge in [0.2, 0.25) is 5.89 Å². The van der Waals surface area contributed by atoms with E-state index in [1.165, 1.54) is 0 Å². The molecule has 144 valence electrons. The monoisotopic (exact) mass is 463 g/mol. The number of guanidine groups is 1. The number of rotatable bonds is 4. The van der Waals surface area contributed by atoms with E-state index in [9.17, 15) is 0 Å². The van der Waals surface area contributed by atoms with Crippen molar-refractivity contribution in [2.45, 2.75) is 65.6 Å². The zero-order valence-corrected chi connectivity index (χ0v) is 18.9. The van der Waals surface area contributed by atoms with Gasteiger partial charge in [-0.25, -0.2) is 4.98 Å². The molecule has 0 radical (unpaired) electrons. The molecule has 1 aliphatic rings. The predicted octanol–water partition coefficient (Wildman–Crippen LogP) is 2.98. The quantitative estimate of drug-likeness (QED) is 0.409. The predicted molar refractivity (Wildman–Crippen MR) is 114 cm³/mol. The Morgan fingerprint density at radius 3 is 2.56 bits per heavy atom. The van der Waals surface area contributed by atoms with Gasteiger partial charge in [-0.3, -0.25) is 9.89 Å². The van der Waals surface area contributed by atoms with E-state index in [0.29, 0.717) is 30.4 Å². The molecule has 1 aromatic rings. The third-order valence-electron chi connectivity index (χ3n) is 4.62. The minimum absolute atomic E-state index is 0. The number of likely N-dealkylation sites (tertiary alicyclic amines) is 1. The van der Waals surface area contributed by atoms with Gasteiger partial charge in [0, 0.05) is 37.6 Å². The van der Waals surface area contributed by atoms with Gasteiger partial charge in [0.25, 0.3) is 0 Å². The second-order valence-electron chi connectivity index (χ2n) is 8.07. The molecule has 1 fully saturated rings. The molecular weight excluding hydrogens is 429 g/mol. The molecule has 2 heterocycles. The van der Waals surface area contributed by atoms with Gasteiger partial charge in [0.05, 0.1) is 12.7 Å². The summed E-state index contributed by atoms with van der Waals surface area (Å²) in [4.78, 5) is 11.2. The van der Waals surface area contributed by atoms with E-state index in [4.69, 9.17) is 4.42 Å². The number of aromatic nitrogens is 1. The molecule has 25 heavy (non-hydrogen) atoms. The molecule has 2 rings (SSSR count). The van der Waals surface area contributed by atoms with Gasteiger partial charge in [-0.1, -0.05) is 27.7 Å². The molecule has 0 amide bonds. The molecule has 0 spiro atoms. The first kappa shape index (κ1) is 22.2. The lowest BCUT2D eigenvalue weighted by atomic mass is 9.94. The lowest BCUT2D eigenvalue weighted by Crippen LogP contribution is -2.46. The zero-order chi connectivity index (χ0) is 17.9. The summed E-state index contributed by atoms with van der Waals surface area (Å²) in [7, 11) is 1.80. The molecule has 0 aliphatic carbocycles. The Kier molecular flexibility index (Phi) is 8.18. The van der Waals surface area contributed by atoms with Crippen molar-refractivity contribution < 1.29 is 4.42 Å². The van der Waals surface area contributed by atoms with Crippen molar-refractivity contribution in [2.75, 3.05) is 20.1 Å². The summed E-state index contributed by atoms with van der Waals surface area (Å²) in [5.41, 5.74) is -0.0231. The average molecular weight is 463 g/mol. The van der Waals surface area contributed by atoms with Gasteiger partial charge < -0.3 is 15.1 Å². The van der Waals surface area contributed by atoms with Gasteiger partial charge in [0.1, 0.15) is 5.76 Å². The van der Waals surface area contributed by atoms with Crippen LogP contribution in [0.1, 0.15) is 53.2 Å². The van der Waals surface area contributed by atoms with Gasteiger partial charge >= 0.3 is 0 Å². The molecule has 1 saturated heterocycles. The van der Waals surface area contributed by atoms with Gasteiger partial charge in [-0.15, -0.1) is 24.0 Å². The molecular formula is C18H34IN5O. The SMILES string of the molecule is CN=C(NCc1ncc(C(C)(C)C)o1)NC1CN(C(C)C)CC1C.I. The normalized spacial score (nSPS) is 22.2. The van der Waals surface area contributed by atoms with E-state index in [-0.39, 0.29) is 29.4 Å². The first-order chi connectivity index (χ1) is 11.2. The lowest BCUT2D eigenvalue weighted by Gasteiger charge is -2.21. The van der Waals surface area contributed by atoms with E-state index in [1.54, 1.807) is 7.05 Å². The molecule has 0 saturated carbocycles. The summed E-state index contributed by atoms with van der Waals surface area (Å²) in [5.74, 6) is 2.98. The van der Waals surface area contributed by atoms with Crippen molar-refractivity contribution in [1.29, 1.82) is 0 Å². The van der Waals surface area contributed by atoms with Gasteiger partial charge in [0.15, 0.2) is 5.96 Å². The maximum absolute atomic E-state index is 5.82. The summed E-state index contributed by atoms with van der Waals surface area (Å²) in [6.45, 7) is 15.8. The van der Waals surface area contributed by atoms with Crippen molar-refractivity contribution in [1.82, 2.24) is 20.5 Å². The van der Waals surface area contributed by atoms with Crippen LogP contribution in [0, 0.1) is 5.92 Å². The lowest BCUT2D eigenvalue weighted by molar-refractivity contribution is 0.265. The Bertz CT molecular complexity index is 564. The maximum Gasteiger partial charge on any atom is 0.213 e. The number of halogens is 1. The number of nitrogens with zero attached hydrogens (tertiary/aromatic N) is 3. The van der Waals surface area contributed by atoms with Crippen molar-refractivity contribution in [3.05, 3.63) is 17.8 Å². The van der Waals surface area contributed by atoms with Crippen LogP contribution in [-0.2, 0) is 12.0 Å². The van der Waals surface area contributed by atoms with Crippen LogP contribution in [0.2, 0.25) is 0 Å². The molecule has 6 nitrogen and oxygen atoms in total. The summed E-state index contributed by atoms with van der Waals surface area (Å²) >= 11 is 0. The smallest absolute Gasteiger partial charge is 0.213 e. The van der Waals surface area contributed by atoms with E-state index in [1.807, 2.05) is 6.20 Å². The van der Waals surface area contributed by atoms with Crippen LogP contribution in [0.3, 0.4) is 0 Å². The first-order valence-corrected chi connectivity index (χ1v) is 8.87. The van der Waals surface area contributed by atoms with Crippen LogP contribution in [0.4, 0.5) is 0 Å². The van der Waals surface area contributed by atoms with E-state index >= 15 is 0 Å². The second kappa shape index (κ2) is 9.21. The van der Waals surface area contributed by atoms with Crippen molar-refractivity contribution in [2.24, 2.45) is 10.9 Å². The molecule has 2 atom stereocenters. The summed E-state index contributed by atoms with van der Waals surface area (Å²) < 4.78 is 5.82. The van der Waals surface area contributed by atoms with Crippen LogP contribution in [0.15, 0.2) is 15.6 Å². The minimum Gasteiger partial charge on any atom is -0.443 e. The number of hydrogen-bond acceptors (Lipinski definition) is 4. The highest BCUT2D eigenvalue weighted by atomic mass is 127. The molecule has 7 heteroatoms. The molecule has 2 N–H and O–H groups in total. The Balaban J connectivity index is 0.00000312. The van der Waals surface area contributed by atoms with Crippen LogP contribution >= 0.6 is 24.0 Å². The highest BCUT2D eigenvalue weighted by Crippen LogP contribution is 2.22. The van der Waals surface area contributed by atoms with Crippen molar-refractivity contribution in [3.63, 3.8) is 0 Å². The fraction of sp³-hybridized carbons (Fsp3) is 0.778. The average Bonchev–Trinajstić information content (AvgIpc) is 3.10. The Morgan fingerprint density at radius 1 is 1.40 bits per heavy atom. The largest absolute Gasteiger partial charge is 0.443 e. The number of nitrogens with one attached hydrogen (secondary N) is 2. The topological polar surface area (TPSA) is 65.7 Å². The Morgan fingerprint density at radius 2 is 2.08 bits per heavy atom. The third-order valence-corrected chi connectivity index (χ3v) is 4.62. The summed E-state index contributed by atoms with van der Waals surface area (Å²) in [6.07, 6.45) is 1.81. The van der Waals surface area contributed by atoms with Crippen LogP contribution in [0.25, 0.3) is 0 Å². The van der Waals surface area contributed by atoms with Crippen LogP contribution < -0.4 is 10.6 Å². The van der Waals surface area contributed by atoms with Crippen LogP contribution in [-0.4, -0.2) is 48.1 Å². The number of oxazole rings is 1. The number of aliphatic imine (C=N–C) groups is 1. The van der Waals surface area contributed by atoms with Crippen molar-refractivity contribution >= 4 is 29.9 Å². The molecule has 2 unspecified atom stereocenters. The van der Waals surface area contributed by atoms with Crippen molar-refractivity contribution in [3.8, 4) is 0 Å². The fourth-order valence-corrected chi connectivity index (χ4v) is 2.88. The maximum atomic E-state index is 5.82.